The third kappa shape index (κ3) is 8.32. The molecule has 1 aliphatic heterocycles. The SMILES string of the molecule is C[C@H](/C=C(/F)C(OC(=O)c1ccccc1)[C@H]1OC(C)(C)OC1CCI)[C@@H](C)O[Si](c1ccccc1)(c1ccccc1)C(C)(C)C. The van der Waals surface area contributed by atoms with Gasteiger partial charge in [-0.1, -0.05) is 129 Å². The van der Waals surface area contributed by atoms with Crippen molar-refractivity contribution < 1.29 is 27.8 Å². The highest BCUT2D eigenvalue weighted by Crippen LogP contribution is 2.39. The van der Waals surface area contributed by atoms with E-state index in [1.54, 1.807) is 38.1 Å². The number of rotatable bonds is 12. The van der Waals surface area contributed by atoms with E-state index >= 15 is 4.39 Å². The molecule has 5 nitrogen and oxygen atoms in total. The van der Waals surface area contributed by atoms with Crippen molar-refractivity contribution in [1.82, 2.24) is 0 Å². The van der Waals surface area contributed by atoms with Gasteiger partial charge in [-0.05, 0) is 60.8 Å². The summed E-state index contributed by atoms with van der Waals surface area (Å²) in [5.74, 6) is -2.49. The summed E-state index contributed by atoms with van der Waals surface area (Å²) in [6, 6.07) is 29.4. The minimum atomic E-state index is -2.87. The maximum Gasteiger partial charge on any atom is 0.338 e. The second kappa shape index (κ2) is 15.0. The van der Waals surface area contributed by atoms with Crippen molar-refractivity contribution in [3.05, 3.63) is 108 Å². The van der Waals surface area contributed by atoms with Gasteiger partial charge >= 0.3 is 5.97 Å². The van der Waals surface area contributed by atoms with Crippen LogP contribution in [0.25, 0.3) is 0 Å². The van der Waals surface area contributed by atoms with Gasteiger partial charge in [0.15, 0.2) is 11.9 Å². The molecule has 0 saturated carbocycles. The van der Waals surface area contributed by atoms with E-state index in [2.05, 4.69) is 67.6 Å². The molecule has 0 N–H and O–H groups in total. The lowest BCUT2D eigenvalue weighted by Gasteiger charge is -2.45. The fourth-order valence-corrected chi connectivity index (χ4v) is 11.4. The van der Waals surface area contributed by atoms with Crippen molar-refractivity contribution >= 4 is 47.3 Å². The quantitative estimate of drug-likeness (QED) is 0.0815. The van der Waals surface area contributed by atoms with Gasteiger partial charge in [-0.3, -0.25) is 0 Å². The lowest BCUT2D eigenvalue weighted by Crippen LogP contribution is -2.67. The van der Waals surface area contributed by atoms with E-state index in [0.29, 0.717) is 12.0 Å². The molecule has 1 saturated heterocycles. The summed E-state index contributed by atoms with van der Waals surface area (Å²) in [6.07, 6.45) is -0.736. The number of carbonyl (C=O) groups is 1. The number of halogens is 2. The van der Waals surface area contributed by atoms with Crippen LogP contribution in [0, 0.1) is 5.92 Å². The number of esters is 1. The van der Waals surface area contributed by atoms with Gasteiger partial charge < -0.3 is 18.6 Å². The first-order chi connectivity index (χ1) is 21.3. The number of hydrogen-bond acceptors (Lipinski definition) is 5. The van der Waals surface area contributed by atoms with Crippen LogP contribution >= 0.6 is 22.6 Å². The lowest BCUT2D eigenvalue weighted by atomic mass is 10.00. The molecule has 0 aliphatic carbocycles. The monoisotopic (exact) mass is 744 g/mol. The van der Waals surface area contributed by atoms with Gasteiger partial charge in [-0.25, -0.2) is 9.18 Å². The summed E-state index contributed by atoms with van der Waals surface area (Å²) < 4.78 is 42.9. The molecule has 3 aromatic rings. The Kier molecular flexibility index (Phi) is 11.8. The van der Waals surface area contributed by atoms with Gasteiger partial charge in [0, 0.05) is 16.4 Å². The fourth-order valence-electron chi connectivity index (χ4n) is 6.05. The second-order valence-corrected chi connectivity index (χ2v) is 18.5. The standard InChI is InChI=1S/C37H46FIO5Si/c1-26(27(2)44-45(36(3,4)5,29-19-13-9-14-20-29)30-21-15-10-16-22-30)25-31(38)33(41-35(40)28-17-11-8-12-18-28)34-32(23-24-39)42-37(6,7)43-34/h8-22,25-27,32-34H,23-24H2,1-7H3/b31-25+/t26-,27-,32?,33?,34+/m1/s1. The Balaban J connectivity index is 1.70. The zero-order valence-corrected chi connectivity index (χ0v) is 30.5. The third-order valence-electron chi connectivity index (χ3n) is 8.37. The molecule has 0 amide bonds. The van der Waals surface area contributed by atoms with E-state index in [-0.39, 0.29) is 17.1 Å². The van der Waals surface area contributed by atoms with Crippen LogP contribution in [0.5, 0.6) is 0 Å². The maximum atomic E-state index is 16.6. The summed E-state index contributed by atoms with van der Waals surface area (Å²) in [7, 11) is -2.87. The predicted octanol–water partition coefficient (Wildman–Crippen LogP) is 8.01. The van der Waals surface area contributed by atoms with Crippen LogP contribution < -0.4 is 10.4 Å². The molecule has 0 radical (unpaired) electrons. The molecule has 242 valence electrons. The molecule has 1 heterocycles. The molecule has 1 aliphatic rings. The number of alkyl halides is 1. The Morgan fingerprint density at radius 3 is 1.93 bits per heavy atom. The average Bonchev–Trinajstić information content (AvgIpc) is 3.32. The summed E-state index contributed by atoms with van der Waals surface area (Å²) in [4.78, 5) is 13.2. The lowest BCUT2D eigenvalue weighted by molar-refractivity contribution is -0.154. The summed E-state index contributed by atoms with van der Waals surface area (Å²) in [5.41, 5.74) is 0.343. The van der Waals surface area contributed by atoms with Gasteiger partial charge in [-0.2, -0.15) is 0 Å². The number of carbonyl (C=O) groups excluding carboxylic acids is 1. The molecule has 8 heteroatoms. The van der Waals surface area contributed by atoms with E-state index in [1.165, 1.54) is 6.08 Å². The van der Waals surface area contributed by atoms with Crippen LogP contribution in [0.4, 0.5) is 4.39 Å². The molecule has 0 bridgehead atoms. The van der Waals surface area contributed by atoms with Crippen LogP contribution in [-0.4, -0.2) is 48.9 Å². The Morgan fingerprint density at radius 1 is 0.933 bits per heavy atom. The van der Waals surface area contributed by atoms with Crippen molar-refractivity contribution in [2.45, 2.75) is 90.1 Å². The topological polar surface area (TPSA) is 54.0 Å². The Labute approximate surface area is 282 Å². The molecular formula is C37H46FIO5Si. The highest BCUT2D eigenvalue weighted by molar-refractivity contribution is 14.1. The van der Waals surface area contributed by atoms with E-state index in [1.807, 2.05) is 56.3 Å². The van der Waals surface area contributed by atoms with Gasteiger partial charge in [0.25, 0.3) is 8.32 Å². The van der Waals surface area contributed by atoms with Crippen LogP contribution in [0.2, 0.25) is 5.04 Å². The van der Waals surface area contributed by atoms with Crippen LogP contribution in [0.3, 0.4) is 0 Å². The van der Waals surface area contributed by atoms with Crippen LogP contribution in [-0.2, 0) is 18.6 Å². The molecule has 0 aromatic heterocycles. The number of hydrogen-bond donors (Lipinski definition) is 0. The molecule has 4 rings (SSSR count). The first kappa shape index (κ1) is 35.5. The van der Waals surface area contributed by atoms with E-state index < -0.39 is 44.2 Å². The predicted molar refractivity (Wildman–Crippen MR) is 189 cm³/mol. The molecular weight excluding hydrogens is 698 g/mol. The van der Waals surface area contributed by atoms with E-state index in [9.17, 15) is 4.79 Å². The summed E-state index contributed by atoms with van der Waals surface area (Å²) in [5, 5.41) is 2.08. The average molecular weight is 745 g/mol. The molecule has 3 aromatic carbocycles. The molecule has 5 atom stereocenters. The third-order valence-corrected chi connectivity index (χ3v) is 14.1. The largest absolute Gasteiger partial charge is 0.449 e. The molecule has 45 heavy (non-hydrogen) atoms. The maximum absolute atomic E-state index is 16.6. The summed E-state index contributed by atoms with van der Waals surface area (Å²) in [6.45, 7) is 14.2. The second-order valence-electron chi connectivity index (χ2n) is 13.2. The van der Waals surface area contributed by atoms with Gasteiger partial charge in [0.2, 0.25) is 0 Å². The zero-order chi connectivity index (χ0) is 32.8. The first-order valence-electron chi connectivity index (χ1n) is 15.6. The van der Waals surface area contributed by atoms with Gasteiger partial charge in [0.1, 0.15) is 11.9 Å². The van der Waals surface area contributed by atoms with E-state index in [0.717, 1.165) is 14.8 Å². The first-order valence-corrected chi connectivity index (χ1v) is 19.1. The van der Waals surface area contributed by atoms with Crippen molar-refractivity contribution in [2.24, 2.45) is 5.92 Å². The summed E-state index contributed by atoms with van der Waals surface area (Å²) >= 11 is 2.27. The smallest absolute Gasteiger partial charge is 0.338 e. The minimum Gasteiger partial charge on any atom is -0.449 e. The van der Waals surface area contributed by atoms with Gasteiger partial charge in [-0.15, -0.1) is 0 Å². The Morgan fingerprint density at radius 2 is 1.44 bits per heavy atom. The van der Waals surface area contributed by atoms with Crippen molar-refractivity contribution in [3.8, 4) is 0 Å². The van der Waals surface area contributed by atoms with Crippen molar-refractivity contribution in [1.29, 1.82) is 0 Å². The normalized spacial score (nSPS) is 20.8. The molecule has 0 spiro atoms. The fraction of sp³-hybridized carbons (Fsp3) is 0.432. The number of ether oxygens (including phenoxy) is 3. The Hall–Kier alpha value is -2.37. The van der Waals surface area contributed by atoms with Crippen LogP contribution in [0.1, 0.15) is 65.2 Å². The van der Waals surface area contributed by atoms with Crippen LogP contribution in [0.15, 0.2) is 103 Å². The Bertz CT molecular complexity index is 1370. The van der Waals surface area contributed by atoms with E-state index in [4.69, 9.17) is 18.6 Å². The van der Waals surface area contributed by atoms with Crippen molar-refractivity contribution in [3.63, 3.8) is 0 Å². The molecule has 2 unspecified atom stereocenters. The minimum absolute atomic E-state index is 0.229. The number of benzene rings is 3. The highest BCUT2D eigenvalue weighted by atomic mass is 127. The zero-order valence-electron chi connectivity index (χ0n) is 27.3. The van der Waals surface area contributed by atoms with Gasteiger partial charge in [0.05, 0.1) is 11.7 Å². The highest BCUT2D eigenvalue weighted by Gasteiger charge is 2.52. The molecule has 1 fully saturated rings. The van der Waals surface area contributed by atoms with Crippen molar-refractivity contribution in [2.75, 3.05) is 4.43 Å².